The van der Waals surface area contributed by atoms with Gasteiger partial charge in [-0.05, 0) is 19.4 Å². The van der Waals surface area contributed by atoms with E-state index in [-0.39, 0.29) is 32.3 Å². The molecule has 0 bridgehead atoms. The summed E-state index contributed by atoms with van der Waals surface area (Å²) in [5.41, 5.74) is 0.921. The first-order valence-electron chi connectivity index (χ1n) is 13.5. The SMILES string of the molecule is CC(=O)N[C@H]1C(OCCOCCOCCOCCNC(=O)OCc2ccccc2)O[C@H](CO)[C@@H]2OC(C)(C)O[C@@H]21. The lowest BCUT2D eigenvalue weighted by atomic mass is 9.97. The number of hydrogen-bond donors (Lipinski definition) is 3. The summed E-state index contributed by atoms with van der Waals surface area (Å²) in [6.07, 6.45) is -3.05. The molecule has 2 heterocycles. The topological polar surface area (TPSA) is 152 Å². The van der Waals surface area contributed by atoms with E-state index in [9.17, 15) is 14.7 Å². The van der Waals surface area contributed by atoms with Gasteiger partial charge in [-0.25, -0.2) is 4.79 Å². The number of carbonyl (C=O) groups is 2. The number of carbonyl (C=O) groups excluding carboxylic acids is 2. The number of ether oxygens (including phenoxy) is 8. The molecule has 0 saturated carbocycles. The van der Waals surface area contributed by atoms with Crippen LogP contribution in [0.25, 0.3) is 0 Å². The first-order valence-corrected chi connectivity index (χ1v) is 13.5. The van der Waals surface area contributed by atoms with Crippen molar-refractivity contribution in [3.63, 3.8) is 0 Å². The molecule has 2 aliphatic heterocycles. The molecule has 40 heavy (non-hydrogen) atoms. The largest absolute Gasteiger partial charge is 0.445 e. The fraction of sp³-hybridized carbons (Fsp3) is 0.704. The Morgan fingerprint density at radius 2 is 1.55 bits per heavy atom. The van der Waals surface area contributed by atoms with Crippen molar-refractivity contribution in [1.82, 2.24) is 10.6 Å². The van der Waals surface area contributed by atoms with Crippen LogP contribution < -0.4 is 10.6 Å². The minimum Gasteiger partial charge on any atom is -0.445 e. The Labute approximate surface area is 234 Å². The third-order valence-electron chi connectivity index (χ3n) is 6.02. The second kappa shape index (κ2) is 16.8. The summed E-state index contributed by atoms with van der Waals surface area (Å²) in [6, 6.07) is 8.84. The number of benzene rings is 1. The van der Waals surface area contributed by atoms with E-state index in [0.717, 1.165) is 5.56 Å². The molecule has 13 heteroatoms. The fourth-order valence-corrected chi connectivity index (χ4v) is 4.31. The van der Waals surface area contributed by atoms with E-state index in [1.807, 2.05) is 30.3 Å². The zero-order valence-corrected chi connectivity index (χ0v) is 23.4. The van der Waals surface area contributed by atoms with Crippen molar-refractivity contribution in [3.8, 4) is 0 Å². The normalized spacial score (nSPS) is 25.2. The number of alkyl carbamates (subject to hydrolysis) is 1. The Morgan fingerprint density at radius 3 is 2.20 bits per heavy atom. The van der Waals surface area contributed by atoms with Gasteiger partial charge >= 0.3 is 6.09 Å². The lowest BCUT2D eigenvalue weighted by Crippen LogP contribution is -2.63. The maximum absolute atomic E-state index is 11.8. The molecule has 0 spiro atoms. The Bertz CT molecular complexity index is 888. The summed E-state index contributed by atoms with van der Waals surface area (Å²) in [5.74, 6) is -1.13. The van der Waals surface area contributed by atoms with Crippen LogP contribution in [-0.4, -0.2) is 113 Å². The molecule has 2 amide bonds. The molecule has 0 aromatic heterocycles. The first kappa shape index (κ1) is 32.2. The summed E-state index contributed by atoms with van der Waals surface area (Å²) in [4.78, 5) is 23.5. The molecule has 13 nitrogen and oxygen atoms in total. The standard InChI is InChI=1S/C27H42N2O11/c1-19(31)29-22-24-23(39-27(2,3)40-24)21(17-30)38-25(22)36-16-15-35-14-13-34-12-11-33-10-9-28-26(32)37-18-20-7-5-4-6-8-20/h4-8,21-25,30H,9-18H2,1-3H3,(H,28,32)(H,29,31)/t21-,22-,23+,24-,25?/m1/s1. The van der Waals surface area contributed by atoms with Gasteiger partial charge in [0.25, 0.3) is 0 Å². The average Bonchev–Trinajstić information content (AvgIpc) is 3.26. The van der Waals surface area contributed by atoms with Gasteiger partial charge in [0, 0.05) is 13.5 Å². The maximum atomic E-state index is 11.8. The minimum atomic E-state index is -0.876. The number of aliphatic hydroxyl groups is 1. The lowest BCUT2D eigenvalue weighted by molar-refractivity contribution is -0.253. The molecule has 2 saturated heterocycles. The Kier molecular flexibility index (Phi) is 13.5. The van der Waals surface area contributed by atoms with Crippen molar-refractivity contribution in [3.05, 3.63) is 35.9 Å². The van der Waals surface area contributed by atoms with Crippen LogP contribution in [0.4, 0.5) is 4.79 Å². The molecule has 0 aliphatic carbocycles. The van der Waals surface area contributed by atoms with E-state index in [1.165, 1.54) is 6.92 Å². The average molecular weight is 571 g/mol. The predicted octanol–water partition coefficient (Wildman–Crippen LogP) is 0.721. The van der Waals surface area contributed by atoms with Gasteiger partial charge in [-0.1, -0.05) is 30.3 Å². The van der Waals surface area contributed by atoms with Crippen molar-refractivity contribution < 1.29 is 52.6 Å². The summed E-state index contributed by atoms with van der Waals surface area (Å²) in [6.45, 7) is 7.53. The number of fused-ring (bicyclic) bond motifs is 1. The highest BCUT2D eigenvalue weighted by Crippen LogP contribution is 2.37. The molecule has 2 fully saturated rings. The Hall–Kier alpha value is -2.36. The molecule has 3 N–H and O–H groups in total. The van der Waals surface area contributed by atoms with Crippen molar-refractivity contribution in [1.29, 1.82) is 0 Å². The molecule has 3 rings (SSSR count). The van der Waals surface area contributed by atoms with E-state index in [0.29, 0.717) is 39.6 Å². The summed E-state index contributed by atoms with van der Waals surface area (Å²) >= 11 is 0. The smallest absolute Gasteiger partial charge is 0.407 e. The summed E-state index contributed by atoms with van der Waals surface area (Å²) < 4.78 is 45.1. The van der Waals surface area contributed by atoms with Gasteiger partial charge in [0.15, 0.2) is 12.1 Å². The molecule has 1 aromatic rings. The highest BCUT2D eigenvalue weighted by molar-refractivity contribution is 5.73. The summed E-state index contributed by atoms with van der Waals surface area (Å²) in [5, 5.41) is 15.2. The fourth-order valence-electron chi connectivity index (χ4n) is 4.31. The van der Waals surface area contributed by atoms with Gasteiger partial charge < -0.3 is 53.6 Å². The number of aliphatic hydroxyl groups excluding tert-OH is 1. The van der Waals surface area contributed by atoms with Gasteiger partial charge in [-0.15, -0.1) is 0 Å². The summed E-state index contributed by atoms with van der Waals surface area (Å²) in [7, 11) is 0. The molecule has 1 aromatic carbocycles. The second-order valence-electron chi connectivity index (χ2n) is 9.71. The second-order valence-corrected chi connectivity index (χ2v) is 9.71. The van der Waals surface area contributed by atoms with Gasteiger partial charge in [0.2, 0.25) is 5.91 Å². The van der Waals surface area contributed by atoms with Crippen LogP contribution in [0.3, 0.4) is 0 Å². The van der Waals surface area contributed by atoms with Crippen molar-refractivity contribution in [2.45, 2.75) is 63.8 Å². The number of amides is 2. The molecule has 0 radical (unpaired) electrons. The Morgan fingerprint density at radius 1 is 0.925 bits per heavy atom. The lowest BCUT2D eigenvalue weighted by Gasteiger charge is -2.41. The van der Waals surface area contributed by atoms with Gasteiger partial charge in [0.05, 0.1) is 52.9 Å². The monoisotopic (exact) mass is 570 g/mol. The third kappa shape index (κ3) is 10.9. The number of hydrogen-bond acceptors (Lipinski definition) is 11. The first-order chi connectivity index (χ1) is 19.3. The van der Waals surface area contributed by atoms with Crippen LogP contribution in [0.15, 0.2) is 30.3 Å². The zero-order valence-electron chi connectivity index (χ0n) is 23.4. The van der Waals surface area contributed by atoms with E-state index in [2.05, 4.69) is 10.6 Å². The van der Waals surface area contributed by atoms with Crippen LogP contribution in [-0.2, 0) is 49.3 Å². The Balaban J connectivity index is 1.19. The maximum Gasteiger partial charge on any atom is 0.407 e. The highest BCUT2D eigenvalue weighted by atomic mass is 16.8. The van der Waals surface area contributed by atoms with Gasteiger partial charge in [-0.3, -0.25) is 4.79 Å². The predicted molar refractivity (Wildman–Crippen MR) is 140 cm³/mol. The number of rotatable bonds is 17. The van der Waals surface area contributed by atoms with Crippen molar-refractivity contribution >= 4 is 12.0 Å². The molecule has 226 valence electrons. The van der Waals surface area contributed by atoms with Crippen LogP contribution in [0.1, 0.15) is 26.3 Å². The molecule has 1 unspecified atom stereocenters. The molecular weight excluding hydrogens is 528 g/mol. The van der Waals surface area contributed by atoms with Crippen molar-refractivity contribution in [2.75, 3.05) is 59.4 Å². The van der Waals surface area contributed by atoms with Crippen molar-refractivity contribution in [2.24, 2.45) is 0 Å². The van der Waals surface area contributed by atoms with E-state index in [1.54, 1.807) is 13.8 Å². The zero-order chi connectivity index (χ0) is 28.8. The molecule has 5 atom stereocenters. The van der Waals surface area contributed by atoms with E-state index < -0.39 is 42.5 Å². The van der Waals surface area contributed by atoms with Crippen LogP contribution in [0, 0.1) is 0 Å². The minimum absolute atomic E-state index is 0.199. The third-order valence-corrected chi connectivity index (χ3v) is 6.02. The van der Waals surface area contributed by atoms with Crippen LogP contribution in [0.5, 0.6) is 0 Å². The number of nitrogens with one attached hydrogen (secondary N) is 2. The van der Waals surface area contributed by atoms with Crippen LogP contribution in [0.2, 0.25) is 0 Å². The molecule has 2 aliphatic rings. The van der Waals surface area contributed by atoms with Gasteiger partial charge in [0.1, 0.15) is 31.0 Å². The van der Waals surface area contributed by atoms with E-state index in [4.69, 9.17) is 37.9 Å². The van der Waals surface area contributed by atoms with Gasteiger partial charge in [-0.2, -0.15) is 0 Å². The highest BCUT2D eigenvalue weighted by Gasteiger charge is 2.55. The molecular formula is C27H42N2O11. The van der Waals surface area contributed by atoms with E-state index >= 15 is 0 Å². The quantitative estimate of drug-likeness (QED) is 0.227. The van der Waals surface area contributed by atoms with Crippen LogP contribution >= 0.6 is 0 Å².